The number of hydrogen-bond acceptors (Lipinski definition) is 6. The molecule has 0 spiro atoms. The molecule has 1 aromatic heterocycles. The molecule has 1 aliphatic heterocycles. The van der Waals surface area contributed by atoms with Crippen molar-refractivity contribution in [3.63, 3.8) is 0 Å². The third-order valence-corrected chi connectivity index (χ3v) is 4.05. The molecular formula is C16H20N6O3. The topological polar surface area (TPSA) is 105 Å². The van der Waals surface area contributed by atoms with E-state index < -0.39 is 4.92 Å². The van der Waals surface area contributed by atoms with E-state index in [9.17, 15) is 14.9 Å². The number of amides is 1. The van der Waals surface area contributed by atoms with E-state index >= 15 is 0 Å². The molecule has 1 fully saturated rings. The van der Waals surface area contributed by atoms with Gasteiger partial charge in [-0.25, -0.2) is 4.68 Å². The van der Waals surface area contributed by atoms with E-state index in [2.05, 4.69) is 20.6 Å². The average Bonchev–Trinajstić information content (AvgIpc) is 3.13. The van der Waals surface area contributed by atoms with Gasteiger partial charge in [-0.1, -0.05) is 6.07 Å². The van der Waals surface area contributed by atoms with Gasteiger partial charge in [-0.2, -0.15) is 5.10 Å². The summed E-state index contributed by atoms with van der Waals surface area (Å²) in [6.07, 6.45) is 1.62. The van der Waals surface area contributed by atoms with Crippen molar-refractivity contribution in [2.75, 3.05) is 39.3 Å². The molecule has 0 atom stereocenters. The monoisotopic (exact) mass is 344 g/mol. The molecule has 0 radical (unpaired) electrons. The van der Waals surface area contributed by atoms with Crippen LogP contribution < -0.4 is 10.6 Å². The quantitative estimate of drug-likeness (QED) is 0.581. The standard InChI is InChI=1S/C16H20N6O3/c23-16(18-7-11-20-9-5-17-6-10-20)15-4-8-21(19-15)13-2-1-3-14(12-13)22(24)25/h1-4,8,12,17H,5-7,9-11H2,(H,18,23). The lowest BCUT2D eigenvalue weighted by atomic mass is 10.3. The fourth-order valence-electron chi connectivity index (χ4n) is 2.69. The first-order chi connectivity index (χ1) is 12.1. The van der Waals surface area contributed by atoms with Crippen molar-refractivity contribution in [3.8, 4) is 5.69 Å². The number of carbonyl (C=O) groups is 1. The van der Waals surface area contributed by atoms with Crippen LogP contribution >= 0.6 is 0 Å². The smallest absolute Gasteiger partial charge is 0.271 e. The molecule has 1 saturated heterocycles. The maximum atomic E-state index is 12.2. The van der Waals surface area contributed by atoms with Crippen molar-refractivity contribution >= 4 is 11.6 Å². The highest BCUT2D eigenvalue weighted by Crippen LogP contribution is 2.16. The van der Waals surface area contributed by atoms with Crippen LogP contribution in [0.3, 0.4) is 0 Å². The molecule has 3 rings (SSSR count). The third kappa shape index (κ3) is 4.40. The van der Waals surface area contributed by atoms with Crippen LogP contribution in [-0.2, 0) is 0 Å². The summed E-state index contributed by atoms with van der Waals surface area (Å²) in [5, 5.41) is 21.2. The molecule has 2 aromatic rings. The lowest BCUT2D eigenvalue weighted by molar-refractivity contribution is -0.384. The van der Waals surface area contributed by atoms with E-state index in [1.165, 1.54) is 16.8 Å². The van der Waals surface area contributed by atoms with Crippen LogP contribution in [0.5, 0.6) is 0 Å². The van der Waals surface area contributed by atoms with Crippen LogP contribution in [0.4, 0.5) is 5.69 Å². The molecule has 0 saturated carbocycles. The molecular weight excluding hydrogens is 324 g/mol. The van der Waals surface area contributed by atoms with E-state index in [-0.39, 0.29) is 17.3 Å². The highest BCUT2D eigenvalue weighted by Gasteiger charge is 2.13. The van der Waals surface area contributed by atoms with E-state index in [1.807, 2.05) is 0 Å². The summed E-state index contributed by atoms with van der Waals surface area (Å²) >= 11 is 0. The summed E-state index contributed by atoms with van der Waals surface area (Å²) < 4.78 is 1.46. The number of non-ortho nitro benzene ring substituents is 1. The Morgan fingerprint density at radius 3 is 2.88 bits per heavy atom. The lowest BCUT2D eigenvalue weighted by Crippen LogP contribution is -2.46. The Bertz CT molecular complexity index is 754. The molecule has 1 aromatic carbocycles. The lowest BCUT2D eigenvalue weighted by Gasteiger charge is -2.26. The van der Waals surface area contributed by atoms with Gasteiger partial charge < -0.3 is 10.6 Å². The molecule has 2 N–H and O–H groups in total. The Kier molecular flexibility index (Phi) is 5.36. The first kappa shape index (κ1) is 17.1. The summed E-state index contributed by atoms with van der Waals surface area (Å²) in [5.74, 6) is -0.251. The Balaban J connectivity index is 1.57. The zero-order chi connectivity index (χ0) is 17.6. The molecule has 2 heterocycles. The SMILES string of the molecule is O=C(NCCN1CCNCC1)c1ccn(-c2cccc([N+](=O)[O-])c2)n1. The van der Waals surface area contributed by atoms with Gasteiger partial charge >= 0.3 is 0 Å². The van der Waals surface area contributed by atoms with Crippen LogP contribution in [0.2, 0.25) is 0 Å². The predicted molar refractivity (Wildman–Crippen MR) is 91.9 cm³/mol. The van der Waals surface area contributed by atoms with Crippen molar-refractivity contribution in [2.45, 2.75) is 0 Å². The molecule has 25 heavy (non-hydrogen) atoms. The number of nitrogens with one attached hydrogen (secondary N) is 2. The fraction of sp³-hybridized carbons (Fsp3) is 0.375. The third-order valence-electron chi connectivity index (χ3n) is 4.05. The summed E-state index contributed by atoms with van der Waals surface area (Å²) in [4.78, 5) is 24.9. The first-order valence-electron chi connectivity index (χ1n) is 8.15. The zero-order valence-corrected chi connectivity index (χ0v) is 13.7. The van der Waals surface area contributed by atoms with Crippen molar-refractivity contribution in [1.29, 1.82) is 0 Å². The maximum Gasteiger partial charge on any atom is 0.271 e. The average molecular weight is 344 g/mol. The van der Waals surface area contributed by atoms with Crippen molar-refractivity contribution in [1.82, 2.24) is 25.3 Å². The van der Waals surface area contributed by atoms with Crippen LogP contribution in [0.1, 0.15) is 10.5 Å². The second-order valence-corrected chi connectivity index (χ2v) is 5.77. The molecule has 0 bridgehead atoms. The van der Waals surface area contributed by atoms with E-state index in [1.54, 1.807) is 24.4 Å². The number of benzene rings is 1. The second-order valence-electron chi connectivity index (χ2n) is 5.77. The van der Waals surface area contributed by atoms with Gasteiger partial charge in [-0.15, -0.1) is 0 Å². The molecule has 9 heteroatoms. The maximum absolute atomic E-state index is 12.2. The van der Waals surface area contributed by atoms with Crippen molar-refractivity contribution in [2.24, 2.45) is 0 Å². The molecule has 132 valence electrons. The number of nitro benzene ring substituents is 1. The highest BCUT2D eigenvalue weighted by molar-refractivity contribution is 5.92. The van der Waals surface area contributed by atoms with Crippen LogP contribution in [0.15, 0.2) is 36.5 Å². The van der Waals surface area contributed by atoms with E-state index in [0.29, 0.717) is 12.2 Å². The minimum atomic E-state index is -0.462. The summed E-state index contributed by atoms with van der Waals surface area (Å²) in [6.45, 7) is 5.28. The summed E-state index contributed by atoms with van der Waals surface area (Å²) in [7, 11) is 0. The zero-order valence-electron chi connectivity index (χ0n) is 13.7. The van der Waals surface area contributed by atoms with E-state index in [0.717, 1.165) is 32.7 Å². The number of rotatable bonds is 6. The van der Waals surface area contributed by atoms with Crippen LogP contribution in [0, 0.1) is 10.1 Å². The number of piperazine rings is 1. The second kappa shape index (κ2) is 7.86. The highest BCUT2D eigenvalue weighted by atomic mass is 16.6. The Hall–Kier alpha value is -2.78. The van der Waals surface area contributed by atoms with Gasteiger partial charge in [0.15, 0.2) is 5.69 Å². The molecule has 9 nitrogen and oxygen atoms in total. The number of hydrogen-bond donors (Lipinski definition) is 2. The van der Waals surface area contributed by atoms with Crippen LogP contribution in [-0.4, -0.2) is 64.8 Å². The van der Waals surface area contributed by atoms with Gasteiger partial charge in [0, 0.05) is 57.6 Å². The Morgan fingerprint density at radius 1 is 1.32 bits per heavy atom. The number of aromatic nitrogens is 2. The summed E-state index contributed by atoms with van der Waals surface area (Å²) in [6, 6.07) is 7.71. The van der Waals surface area contributed by atoms with E-state index in [4.69, 9.17) is 0 Å². The van der Waals surface area contributed by atoms with Gasteiger partial charge in [-0.3, -0.25) is 19.8 Å². The van der Waals surface area contributed by atoms with Gasteiger partial charge in [-0.05, 0) is 12.1 Å². The first-order valence-corrected chi connectivity index (χ1v) is 8.15. The fourth-order valence-corrected chi connectivity index (χ4v) is 2.69. The number of nitrogens with zero attached hydrogens (tertiary/aromatic N) is 4. The molecule has 1 aliphatic rings. The summed E-state index contributed by atoms with van der Waals surface area (Å²) in [5.41, 5.74) is 0.802. The Labute approximate surface area is 144 Å². The van der Waals surface area contributed by atoms with Gasteiger partial charge in [0.2, 0.25) is 0 Å². The molecule has 0 unspecified atom stereocenters. The Morgan fingerprint density at radius 2 is 2.12 bits per heavy atom. The minimum Gasteiger partial charge on any atom is -0.349 e. The molecule has 0 aliphatic carbocycles. The predicted octanol–water partition coefficient (Wildman–Crippen LogP) is 0.416. The molecule has 1 amide bonds. The normalized spacial score (nSPS) is 15.0. The van der Waals surface area contributed by atoms with Gasteiger partial charge in [0.1, 0.15) is 0 Å². The minimum absolute atomic E-state index is 0.0185. The van der Waals surface area contributed by atoms with Crippen molar-refractivity contribution < 1.29 is 9.72 Å². The van der Waals surface area contributed by atoms with Crippen LogP contribution in [0.25, 0.3) is 5.69 Å². The number of carbonyl (C=O) groups excluding carboxylic acids is 1. The van der Waals surface area contributed by atoms with Crippen molar-refractivity contribution in [3.05, 3.63) is 52.3 Å². The number of nitro groups is 1. The van der Waals surface area contributed by atoms with Gasteiger partial charge in [0.25, 0.3) is 11.6 Å². The largest absolute Gasteiger partial charge is 0.349 e. The van der Waals surface area contributed by atoms with Gasteiger partial charge in [0.05, 0.1) is 10.6 Å².